The highest BCUT2D eigenvalue weighted by Crippen LogP contribution is 2.11. The number of nitrogens with one attached hydrogen (secondary N) is 1. The predicted octanol–water partition coefficient (Wildman–Crippen LogP) is 0.267. The van der Waals surface area contributed by atoms with Crippen molar-refractivity contribution in [2.24, 2.45) is 0 Å². The van der Waals surface area contributed by atoms with Gasteiger partial charge in [0.05, 0.1) is 6.54 Å². The SMILES string of the molecule is CCCn1nnnc1CN(C)C1CCCNC1. The molecule has 0 saturated carbocycles. The Morgan fingerprint density at radius 3 is 3.12 bits per heavy atom. The van der Waals surface area contributed by atoms with Crippen LogP contribution in [0.25, 0.3) is 0 Å². The van der Waals surface area contributed by atoms with Crippen LogP contribution in [0.1, 0.15) is 32.0 Å². The van der Waals surface area contributed by atoms with Crippen molar-refractivity contribution >= 4 is 0 Å². The lowest BCUT2D eigenvalue weighted by Gasteiger charge is -2.31. The Morgan fingerprint density at radius 1 is 1.53 bits per heavy atom. The smallest absolute Gasteiger partial charge is 0.165 e. The fourth-order valence-electron chi connectivity index (χ4n) is 2.28. The highest BCUT2D eigenvalue weighted by atomic mass is 15.5. The first-order chi connectivity index (χ1) is 8.31. The molecule has 1 atom stereocenters. The van der Waals surface area contributed by atoms with Gasteiger partial charge in [0.2, 0.25) is 0 Å². The first-order valence-corrected chi connectivity index (χ1v) is 6.47. The molecule has 1 saturated heterocycles. The molecule has 2 rings (SSSR count). The Hall–Kier alpha value is -1.01. The average Bonchev–Trinajstić information content (AvgIpc) is 2.78. The lowest BCUT2D eigenvalue weighted by molar-refractivity contribution is 0.188. The van der Waals surface area contributed by atoms with E-state index in [9.17, 15) is 0 Å². The molecule has 1 aromatic heterocycles. The summed E-state index contributed by atoms with van der Waals surface area (Å²) < 4.78 is 1.91. The van der Waals surface area contributed by atoms with Crippen LogP contribution in [0.5, 0.6) is 0 Å². The van der Waals surface area contributed by atoms with Crippen molar-refractivity contribution in [1.82, 2.24) is 30.4 Å². The lowest BCUT2D eigenvalue weighted by atomic mass is 10.1. The molecule has 1 unspecified atom stereocenters. The molecule has 6 nitrogen and oxygen atoms in total. The van der Waals surface area contributed by atoms with E-state index in [1.165, 1.54) is 12.8 Å². The Kier molecular flexibility index (Phi) is 4.44. The van der Waals surface area contributed by atoms with Crippen LogP contribution in [0.3, 0.4) is 0 Å². The van der Waals surface area contributed by atoms with Gasteiger partial charge in [-0.25, -0.2) is 4.68 Å². The standard InChI is InChI=1S/C11H22N6/c1-3-7-17-11(13-14-15-17)9-16(2)10-5-4-6-12-8-10/h10,12H,3-9H2,1-2H3. The van der Waals surface area contributed by atoms with Crippen LogP contribution in [0, 0.1) is 0 Å². The van der Waals surface area contributed by atoms with E-state index in [-0.39, 0.29) is 0 Å². The van der Waals surface area contributed by atoms with E-state index in [1.54, 1.807) is 0 Å². The number of nitrogens with zero attached hydrogens (tertiary/aromatic N) is 5. The molecule has 0 aliphatic carbocycles. The van der Waals surface area contributed by atoms with Gasteiger partial charge in [-0.15, -0.1) is 5.10 Å². The van der Waals surface area contributed by atoms with Crippen molar-refractivity contribution in [2.75, 3.05) is 20.1 Å². The van der Waals surface area contributed by atoms with Gasteiger partial charge in [0.15, 0.2) is 5.82 Å². The van der Waals surface area contributed by atoms with E-state index >= 15 is 0 Å². The van der Waals surface area contributed by atoms with Crippen LogP contribution < -0.4 is 5.32 Å². The summed E-state index contributed by atoms with van der Waals surface area (Å²) in [5.74, 6) is 0.972. The molecule has 1 aromatic rings. The van der Waals surface area contributed by atoms with E-state index in [2.05, 4.69) is 39.7 Å². The monoisotopic (exact) mass is 238 g/mol. The zero-order chi connectivity index (χ0) is 12.1. The third-order valence-corrected chi connectivity index (χ3v) is 3.33. The molecule has 0 bridgehead atoms. The largest absolute Gasteiger partial charge is 0.315 e. The summed E-state index contributed by atoms with van der Waals surface area (Å²) in [5.41, 5.74) is 0. The molecule has 96 valence electrons. The summed E-state index contributed by atoms with van der Waals surface area (Å²) in [6.45, 7) is 6.10. The van der Waals surface area contributed by atoms with E-state index in [0.29, 0.717) is 6.04 Å². The van der Waals surface area contributed by atoms with E-state index < -0.39 is 0 Å². The summed E-state index contributed by atoms with van der Waals surface area (Å²) in [6.07, 6.45) is 3.58. The van der Waals surface area contributed by atoms with Crippen LogP contribution in [0.4, 0.5) is 0 Å². The first-order valence-electron chi connectivity index (χ1n) is 6.47. The summed E-state index contributed by atoms with van der Waals surface area (Å²) in [6, 6.07) is 0.607. The quantitative estimate of drug-likeness (QED) is 0.798. The van der Waals surface area contributed by atoms with Crippen LogP contribution in [-0.2, 0) is 13.1 Å². The Labute approximate surface area is 102 Å². The molecule has 1 aliphatic heterocycles. The highest BCUT2D eigenvalue weighted by Gasteiger charge is 2.19. The maximum absolute atomic E-state index is 4.11. The second-order valence-electron chi connectivity index (χ2n) is 4.73. The van der Waals surface area contributed by atoms with Gasteiger partial charge in [-0.3, -0.25) is 4.90 Å². The van der Waals surface area contributed by atoms with E-state index in [4.69, 9.17) is 0 Å². The summed E-state index contributed by atoms with van der Waals surface area (Å²) in [7, 11) is 2.16. The number of tetrazole rings is 1. The Bertz CT molecular complexity index is 330. The number of aryl methyl sites for hydroxylation is 1. The highest BCUT2D eigenvalue weighted by molar-refractivity contribution is 4.84. The molecule has 2 heterocycles. The third kappa shape index (κ3) is 3.23. The summed E-state index contributed by atoms with van der Waals surface area (Å²) in [4.78, 5) is 2.35. The molecule has 17 heavy (non-hydrogen) atoms. The van der Waals surface area contributed by atoms with Gasteiger partial charge < -0.3 is 5.32 Å². The molecular weight excluding hydrogens is 216 g/mol. The van der Waals surface area contributed by atoms with Crippen molar-refractivity contribution in [1.29, 1.82) is 0 Å². The van der Waals surface area contributed by atoms with Gasteiger partial charge in [0.1, 0.15) is 0 Å². The van der Waals surface area contributed by atoms with E-state index in [1.807, 2.05) is 4.68 Å². The molecule has 1 aliphatic rings. The second kappa shape index (κ2) is 6.07. The number of likely N-dealkylation sites (N-methyl/N-ethyl adjacent to an activating group) is 1. The van der Waals surface area contributed by atoms with Crippen LogP contribution in [-0.4, -0.2) is 51.3 Å². The molecule has 0 radical (unpaired) electrons. The van der Waals surface area contributed by atoms with E-state index in [0.717, 1.165) is 38.4 Å². The summed E-state index contributed by atoms with van der Waals surface area (Å²) in [5, 5.41) is 15.3. The second-order valence-corrected chi connectivity index (χ2v) is 4.73. The summed E-state index contributed by atoms with van der Waals surface area (Å²) >= 11 is 0. The van der Waals surface area contributed by atoms with Gasteiger partial charge in [0.25, 0.3) is 0 Å². The fraction of sp³-hybridized carbons (Fsp3) is 0.909. The number of aromatic nitrogens is 4. The van der Waals surface area contributed by atoms with Gasteiger partial charge in [0, 0.05) is 19.1 Å². The van der Waals surface area contributed by atoms with Gasteiger partial charge in [-0.05, 0) is 43.3 Å². The van der Waals surface area contributed by atoms with Crippen molar-refractivity contribution in [3.8, 4) is 0 Å². The molecule has 0 spiro atoms. The normalized spacial score (nSPS) is 21.0. The van der Waals surface area contributed by atoms with Crippen molar-refractivity contribution < 1.29 is 0 Å². The Morgan fingerprint density at radius 2 is 2.41 bits per heavy atom. The van der Waals surface area contributed by atoms with Crippen LogP contribution in [0.15, 0.2) is 0 Å². The van der Waals surface area contributed by atoms with Crippen molar-refractivity contribution in [2.45, 2.75) is 45.3 Å². The topological polar surface area (TPSA) is 58.9 Å². The minimum Gasteiger partial charge on any atom is -0.315 e. The lowest BCUT2D eigenvalue weighted by Crippen LogP contribution is -2.44. The molecule has 6 heteroatoms. The van der Waals surface area contributed by atoms with Gasteiger partial charge in [-0.1, -0.05) is 6.92 Å². The van der Waals surface area contributed by atoms with Crippen LogP contribution >= 0.6 is 0 Å². The molecular formula is C11H22N6. The molecule has 0 amide bonds. The zero-order valence-corrected chi connectivity index (χ0v) is 10.8. The number of hydrogen-bond donors (Lipinski definition) is 1. The van der Waals surface area contributed by atoms with Crippen molar-refractivity contribution in [3.63, 3.8) is 0 Å². The molecule has 1 fully saturated rings. The molecule has 0 aromatic carbocycles. The van der Waals surface area contributed by atoms with Crippen LogP contribution in [0.2, 0.25) is 0 Å². The first kappa shape index (κ1) is 12.4. The van der Waals surface area contributed by atoms with Gasteiger partial charge >= 0.3 is 0 Å². The van der Waals surface area contributed by atoms with Gasteiger partial charge in [-0.2, -0.15) is 0 Å². The fourth-order valence-corrected chi connectivity index (χ4v) is 2.28. The third-order valence-electron chi connectivity index (χ3n) is 3.33. The minimum atomic E-state index is 0.607. The number of piperidine rings is 1. The minimum absolute atomic E-state index is 0.607. The predicted molar refractivity (Wildman–Crippen MR) is 65.5 cm³/mol. The number of hydrogen-bond acceptors (Lipinski definition) is 5. The maximum Gasteiger partial charge on any atom is 0.165 e. The zero-order valence-electron chi connectivity index (χ0n) is 10.8. The molecule has 1 N–H and O–H groups in total. The number of rotatable bonds is 5. The average molecular weight is 238 g/mol. The Balaban J connectivity index is 1.92. The van der Waals surface area contributed by atoms with Crippen molar-refractivity contribution in [3.05, 3.63) is 5.82 Å². The maximum atomic E-state index is 4.11.